The topological polar surface area (TPSA) is 95.5 Å². The molecular formula is C21H21N5O3S. The molecule has 3 aromatic rings. The number of carbonyl (C=O) groups excluding carboxylic acids is 1. The standard InChI is InChI=1S/C21H21N5O3S/c1-4-18(27)25-8-7-14(12-25)26-21-19(20(22)24-30-21)17(23-26)6-5-13-9-15(28-2)11-16(10-13)29-3/h4,9-11,14H,1,7-8,12H2,2-3H3,(H2,22,24). The molecule has 0 aliphatic carbocycles. The number of aromatic nitrogens is 3. The molecule has 2 aromatic heterocycles. The van der Waals surface area contributed by atoms with Crippen LogP contribution in [0.15, 0.2) is 30.9 Å². The highest BCUT2D eigenvalue weighted by Gasteiger charge is 2.29. The minimum absolute atomic E-state index is 0.0451. The molecule has 4 rings (SSSR count). The van der Waals surface area contributed by atoms with Crippen molar-refractivity contribution in [3.8, 4) is 23.3 Å². The molecule has 30 heavy (non-hydrogen) atoms. The molecule has 1 unspecified atom stereocenters. The van der Waals surface area contributed by atoms with Crippen molar-refractivity contribution in [1.82, 2.24) is 19.1 Å². The molecule has 0 saturated carbocycles. The molecule has 0 radical (unpaired) electrons. The predicted molar refractivity (Wildman–Crippen MR) is 116 cm³/mol. The minimum atomic E-state index is -0.0725. The lowest BCUT2D eigenvalue weighted by atomic mass is 10.2. The molecule has 154 valence electrons. The van der Waals surface area contributed by atoms with E-state index in [-0.39, 0.29) is 11.9 Å². The summed E-state index contributed by atoms with van der Waals surface area (Å²) in [6.07, 6.45) is 2.14. The Balaban J connectivity index is 1.71. The largest absolute Gasteiger partial charge is 0.497 e. The number of benzene rings is 1. The highest BCUT2D eigenvalue weighted by molar-refractivity contribution is 7.13. The third-order valence-corrected chi connectivity index (χ3v) is 5.88. The van der Waals surface area contributed by atoms with E-state index in [1.807, 2.05) is 16.8 Å². The second-order valence-corrected chi connectivity index (χ2v) is 7.58. The van der Waals surface area contributed by atoms with E-state index in [9.17, 15) is 4.79 Å². The van der Waals surface area contributed by atoms with Crippen molar-refractivity contribution in [2.45, 2.75) is 12.5 Å². The van der Waals surface area contributed by atoms with Crippen LogP contribution >= 0.6 is 11.5 Å². The number of fused-ring (bicyclic) bond motifs is 1. The molecule has 1 aliphatic heterocycles. The Kier molecular flexibility index (Phi) is 5.33. The summed E-state index contributed by atoms with van der Waals surface area (Å²) in [6, 6.07) is 5.49. The molecule has 1 fully saturated rings. The molecule has 0 bridgehead atoms. The number of nitrogen functional groups attached to an aromatic ring is 1. The van der Waals surface area contributed by atoms with Crippen LogP contribution in [0.5, 0.6) is 11.5 Å². The normalized spacial score (nSPS) is 15.7. The van der Waals surface area contributed by atoms with E-state index >= 15 is 0 Å². The molecule has 2 N–H and O–H groups in total. The number of rotatable bonds is 4. The number of methoxy groups -OCH3 is 2. The average Bonchev–Trinajstić information content (AvgIpc) is 3.48. The average molecular weight is 423 g/mol. The molecule has 1 amide bonds. The summed E-state index contributed by atoms with van der Waals surface area (Å²) in [7, 11) is 3.19. The predicted octanol–water partition coefficient (Wildman–Crippen LogP) is 2.45. The van der Waals surface area contributed by atoms with Crippen molar-refractivity contribution >= 4 is 33.5 Å². The van der Waals surface area contributed by atoms with E-state index in [1.54, 1.807) is 25.2 Å². The van der Waals surface area contributed by atoms with Crippen molar-refractivity contribution in [2.75, 3.05) is 33.0 Å². The van der Waals surface area contributed by atoms with Crippen molar-refractivity contribution in [2.24, 2.45) is 0 Å². The Bertz CT molecular complexity index is 1160. The van der Waals surface area contributed by atoms with Gasteiger partial charge >= 0.3 is 0 Å². The zero-order valence-electron chi connectivity index (χ0n) is 16.7. The van der Waals surface area contributed by atoms with E-state index in [1.165, 1.54) is 17.6 Å². The fraction of sp³-hybridized carbons (Fsp3) is 0.286. The zero-order chi connectivity index (χ0) is 21.3. The van der Waals surface area contributed by atoms with Gasteiger partial charge in [0.1, 0.15) is 27.8 Å². The monoisotopic (exact) mass is 423 g/mol. The van der Waals surface area contributed by atoms with Gasteiger partial charge in [-0.1, -0.05) is 12.5 Å². The first kappa shape index (κ1) is 19.8. The maximum absolute atomic E-state index is 11.9. The number of anilines is 1. The van der Waals surface area contributed by atoms with Crippen LogP contribution in [0, 0.1) is 11.8 Å². The second-order valence-electron chi connectivity index (χ2n) is 6.82. The highest BCUT2D eigenvalue weighted by atomic mass is 32.1. The number of amides is 1. The van der Waals surface area contributed by atoms with Gasteiger partial charge in [-0.3, -0.25) is 4.79 Å². The number of hydrogen-bond donors (Lipinski definition) is 1. The number of nitrogens with two attached hydrogens (primary N) is 1. The molecule has 1 aliphatic rings. The summed E-state index contributed by atoms with van der Waals surface area (Å²) < 4.78 is 16.8. The summed E-state index contributed by atoms with van der Waals surface area (Å²) in [6.45, 7) is 4.80. The number of hydrogen-bond acceptors (Lipinski definition) is 7. The summed E-state index contributed by atoms with van der Waals surface area (Å²) in [5, 5.41) is 5.47. The van der Waals surface area contributed by atoms with Gasteiger partial charge in [-0.25, -0.2) is 4.68 Å². The lowest BCUT2D eigenvalue weighted by molar-refractivity contribution is -0.125. The molecule has 9 heteroatoms. The first-order valence-corrected chi connectivity index (χ1v) is 10.1. The minimum Gasteiger partial charge on any atom is -0.497 e. The van der Waals surface area contributed by atoms with Crippen LogP contribution in [0.2, 0.25) is 0 Å². The summed E-state index contributed by atoms with van der Waals surface area (Å²) in [4.78, 5) is 14.6. The first-order chi connectivity index (χ1) is 14.5. The number of carbonyl (C=O) groups is 1. The van der Waals surface area contributed by atoms with Crippen LogP contribution in [0.25, 0.3) is 10.2 Å². The van der Waals surface area contributed by atoms with Gasteiger partial charge in [0.15, 0.2) is 0 Å². The lowest BCUT2D eigenvalue weighted by Gasteiger charge is -2.14. The number of likely N-dealkylation sites (tertiary alicyclic amines) is 1. The fourth-order valence-electron chi connectivity index (χ4n) is 3.49. The molecule has 8 nitrogen and oxygen atoms in total. The molecule has 1 atom stereocenters. The summed E-state index contributed by atoms with van der Waals surface area (Å²) in [5.74, 6) is 7.89. The van der Waals surface area contributed by atoms with Crippen LogP contribution in [0.1, 0.15) is 23.7 Å². The Labute approximate surface area is 178 Å². The second kappa shape index (κ2) is 8.08. The van der Waals surface area contributed by atoms with Gasteiger partial charge in [0.25, 0.3) is 0 Å². The van der Waals surface area contributed by atoms with Gasteiger partial charge in [0.05, 0.1) is 25.6 Å². The van der Waals surface area contributed by atoms with E-state index in [4.69, 9.17) is 20.3 Å². The zero-order valence-corrected chi connectivity index (χ0v) is 17.5. The van der Waals surface area contributed by atoms with Crippen molar-refractivity contribution in [1.29, 1.82) is 0 Å². The van der Waals surface area contributed by atoms with E-state index in [0.29, 0.717) is 36.1 Å². The van der Waals surface area contributed by atoms with Gasteiger partial charge in [-0.15, -0.1) is 0 Å². The number of nitrogens with zero attached hydrogens (tertiary/aromatic N) is 4. The van der Waals surface area contributed by atoms with Gasteiger partial charge in [0, 0.05) is 24.7 Å². The SMILES string of the molecule is C=CC(=O)N1CCC(n2nc(C#Cc3cc(OC)cc(OC)c3)c3c(N)nsc32)C1. The van der Waals surface area contributed by atoms with E-state index in [0.717, 1.165) is 22.2 Å². The Morgan fingerprint density at radius 3 is 2.70 bits per heavy atom. The molecule has 3 heterocycles. The van der Waals surface area contributed by atoms with Crippen LogP contribution in [0.3, 0.4) is 0 Å². The van der Waals surface area contributed by atoms with Gasteiger partial charge in [-0.05, 0) is 42.1 Å². The maximum Gasteiger partial charge on any atom is 0.246 e. The van der Waals surface area contributed by atoms with Gasteiger partial charge in [-0.2, -0.15) is 9.47 Å². The number of ether oxygens (including phenoxy) is 2. The highest BCUT2D eigenvalue weighted by Crippen LogP contribution is 2.33. The van der Waals surface area contributed by atoms with Gasteiger partial charge < -0.3 is 20.1 Å². The van der Waals surface area contributed by atoms with Gasteiger partial charge in [0.2, 0.25) is 5.91 Å². The summed E-state index contributed by atoms with van der Waals surface area (Å²) in [5.41, 5.74) is 7.40. The quantitative estimate of drug-likeness (QED) is 0.512. The van der Waals surface area contributed by atoms with Crippen LogP contribution in [0.4, 0.5) is 5.82 Å². The van der Waals surface area contributed by atoms with Crippen LogP contribution in [-0.4, -0.2) is 52.3 Å². The van der Waals surface area contributed by atoms with Crippen LogP contribution in [-0.2, 0) is 4.79 Å². The smallest absolute Gasteiger partial charge is 0.246 e. The molecule has 1 saturated heterocycles. The first-order valence-electron chi connectivity index (χ1n) is 9.33. The van der Waals surface area contributed by atoms with Crippen molar-refractivity contribution in [3.63, 3.8) is 0 Å². The Morgan fingerprint density at radius 1 is 1.30 bits per heavy atom. The van der Waals surface area contributed by atoms with Crippen LogP contribution < -0.4 is 15.2 Å². The molecule has 1 aromatic carbocycles. The van der Waals surface area contributed by atoms with Crippen molar-refractivity contribution in [3.05, 3.63) is 42.1 Å². The Hall–Kier alpha value is -3.51. The van der Waals surface area contributed by atoms with E-state index < -0.39 is 0 Å². The maximum atomic E-state index is 11.9. The van der Waals surface area contributed by atoms with E-state index in [2.05, 4.69) is 22.8 Å². The Morgan fingerprint density at radius 2 is 2.03 bits per heavy atom. The van der Waals surface area contributed by atoms with Crippen molar-refractivity contribution < 1.29 is 14.3 Å². The lowest BCUT2D eigenvalue weighted by Crippen LogP contribution is -2.27. The third kappa shape index (κ3) is 3.57. The third-order valence-electron chi connectivity index (χ3n) is 5.03. The molecule has 0 spiro atoms. The molecular weight excluding hydrogens is 402 g/mol. The fourth-order valence-corrected chi connectivity index (χ4v) is 4.33. The summed E-state index contributed by atoms with van der Waals surface area (Å²) >= 11 is 1.29.